The van der Waals surface area contributed by atoms with Crippen LogP contribution in [0.4, 0.5) is 16.2 Å². The zero-order valence-corrected chi connectivity index (χ0v) is 14.7. The molecule has 3 N–H and O–H groups in total. The number of carbonyl (C=O) groups excluding carboxylic acids is 2. The molecule has 0 aliphatic heterocycles. The summed E-state index contributed by atoms with van der Waals surface area (Å²) in [7, 11) is 0. The number of benzene rings is 2. The van der Waals surface area contributed by atoms with Crippen molar-refractivity contribution in [1.29, 1.82) is 0 Å². The smallest absolute Gasteiger partial charge is 0.411 e. The molecule has 2 amide bonds. The molecule has 0 aromatic heterocycles. The molecule has 1 fully saturated rings. The topological polar surface area (TPSA) is 79.5 Å². The van der Waals surface area contributed by atoms with E-state index in [0.29, 0.717) is 18.3 Å². The molecule has 136 valence electrons. The second-order valence-corrected chi connectivity index (χ2v) is 6.19. The van der Waals surface area contributed by atoms with Crippen molar-refractivity contribution in [2.75, 3.05) is 17.2 Å². The van der Waals surface area contributed by atoms with Crippen LogP contribution in [0.5, 0.6) is 0 Å². The summed E-state index contributed by atoms with van der Waals surface area (Å²) in [5.41, 5.74) is 2.33. The molecule has 1 aliphatic carbocycles. The van der Waals surface area contributed by atoms with Crippen LogP contribution < -0.4 is 16.0 Å². The first-order valence-electron chi connectivity index (χ1n) is 8.81. The normalized spacial score (nSPS) is 14.2. The summed E-state index contributed by atoms with van der Waals surface area (Å²) in [5, 5.41) is 8.97. The van der Waals surface area contributed by atoms with Gasteiger partial charge in [-0.15, -0.1) is 0 Å². The molecule has 6 heteroatoms. The van der Waals surface area contributed by atoms with Crippen LogP contribution in [0.25, 0.3) is 0 Å². The molecule has 2 aromatic rings. The monoisotopic (exact) mass is 353 g/mol. The second-order valence-electron chi connectivity index (χ2n) is 6.19. The number of amides is 2. The first kappa shape index (κ1) is 17.8. The molecule has 6 nitrogen and oxygen atoms in total. The van der Waals surface area contributed by atoms with Gasteiger partial charge in [0.05, 0.1) is 6.61 Å². The molecule has 0 spiro atoms. The largest absolute Gasteiger partial charge is 0.450 e. The van der Waals surface area contributed by atoms with Crippen molar-refractivity contribution in [2.24, 2.45) is 0 Å². The lowest BCUT2D eigenvalue weighted by Crippen LogP contribution is -2.34. The molecule has 0 bridgehead atoms. The van der Waals surface area contributed by atoms with E-state index in [-0.39, 0.29) is 5.91 Å². The van der Waals surface area contributed by atoms with Gasteiger partial charge in [-0.05, 0) is 49.6 Å². The zero-order valence-electron chi connectivity index (χ0n) is 14.7. The molecule has 1 saturated carbocycles. The lowest BCUT2D eigenvalue weighted by molar-refractivity contribution is -0.122. The highest BCUT2D eigenvalue weighted by Gasteiger charge is 2.28. The summed E-state index contributed by atoms with van der Waals surface area (Å²) in [6.45, 7) is 2.07. The average Bonchev–Trinajstić information content (AvgIpc) is 3.46. The number of anilines is 2. The number of nitrogens with one attached hydrogen (secondary N) is 3. The minimum absolute atomic E-state index is 0.0348. The maximum absolute atomic E-state index is 12.6. The van der Waals surface area contributed by atoms with Crippen LogP contribution in [0.1, 0.15) is 31.4 Å². The number of ether oxygens (including phenoxy) is 1. The predicted molar refractivity (Wildman–Crippen MR) is 101 cm³/mol. The molecule has 0 saturated heterocycles. The molecule has 0 unspecified atom stereocenters. The fraction of sp³-hybridized carbons (Fsp3) is 0.300. The Bertz CT molecular complexity index is 743. The van der Waals surface area contributed by atoms with Crippen LogP contribution in [0.3, 0.4) is 0 Å². The molecule has 1 atom stereocenters. The third-order valence-corrected chi connectivity index (χ3v) is 4.04. The minimum Gasteiger partial charge on any atom is -0.450 e. The molecule has 3 rings (SSSR count). The Labute approximate surface area is 152 Å². The van der Waals surface area contributed by atoms with Crippen LogP contribution in [-0.2, 0) is 9.53 Å². The number of hydrogen-bond acceptors (Lipinski definition) is 4. The van der Waals surface area contributed by atoms with Crippen LogP contribution in [-0.4, -0.2) is 24.6 Å². The highest BCUT2D eigenvalue weighted by molar-refractivity contribution is 5.87. The summed E-state index contributed by atoms with van der Waals surface area (Å²) in [6, 6.07) is 16.6. The third-order valence-electron chi connectivity index (χ3n) is 4.04. The average molecular weight is 353 g/mol. The van der Waals surface area contributed by atoms with Crippen LogP contribution >= 0.6 is 0 Å². The maximum Gasteiger partial charge on any atom is 0.411 e. The van der Waals surface area contributed by atoms with Gasteiger partial charge in [0.15, 0.2) is 0 Å². The zero-order chi connectivity index (χ0) is 18.4. The SMILES string of the molecule is CCOC(=O)Nc1ccc(N[C@H](C(=O)NC2CC2)c2ccccc2)cc1. The predicted octanol–water partition coefficient (Wildman–Crippen LogP) is 3.69. The van der Waals surface area contributed by atoms with Crippen LogP contribution in [0.15, 0.2) is 54.6 Å². The fourth-order valence-electron chi connectivity index (χ4n) is 2.56. The first-order chi connectivity index (χ1) is 12.7. The van der Waals surface area contributed by atoms with Gasteiger partial charge >= 0.3 is 6.09 Å². The Morgan fingerprint density at radius 2 is 1.69 bits per heavy atom. The molecule has 26 heavy (non-hydrogen) atoms. The van der Waals surface area contributed by atoms with Crippen LogP contribution in [0, 0.1) is 0 Å². The second kappa shape index (κ2) is 8.38. The van der Waals surface area contributed by atoms with Gasteiger partial charge < -0.3 is 15.4 Å². The first-order valence-corrected chi connectivity index (χ1v) is 8.81. The Morgan fingerprint density at radius 3 is 2.31 bits per heavy atom. The summed E-state index contributed by atoms with van der Waals surface area (Å²) in [4.78, 5) is 24.1. The van der Waals surface area contributed by atoms with Crippen molar-refractivity contribution in [2.45, 2.75) is 31.8 Å². The number of carbonyl (C=O) groups is 2. The van der Waals surface area contributed by atoms with Gasteiger partial charge in [0.1, 0.15) is 6.04 Å². The van der Waals surface area contributed by atoms with Crippen molar-refractivity contribution < 1.29 is 14.3 Å². The highest BCUT2D eigenvalue weighted by Crippen LogP contribution is 2.24. The van der Waals surface area contributed by atoms with Crippen molar-refractivity contribution in [1.82, 2.24) is 5.32 Å². The van der Waals surface area contributed by atoms with Gasteiger partial charge in [-0.3, -0.25) is 10.1 Å². The lowest BCUT2D eigenvalue weighted by Gasteiger charge is -2.20. The third kappa shape index (κ3) is 4.99. The number of hydrogen-bond donors (Lipinski definition) is 3. The molecular formula is C20H23N3O3. The van der Waals surface area contributed by atoms with Crippen molar-refractivity contribution in [3.63, 3.8) is 0 Å². The Kier molecular flexibility index (Phi) is 5.73. The van der Waals surface area contributed by atoms with E-state index in [4.69, 9.17) is 4.74 Å². The van der Waals surface area contributed by atoms with Crippen LogP contribution in [0.2, 0.25) is 0 Å². The summed E-state index contributed by atoms with van der Waals surface area (Å²) in [5.74, 6) is -0.0348. The molecule has 0 radical (unpaired) electrons. The van der Waals surface area contributed by atoms with E-state index < -0.39 is 12.1 Å². The van der Waals surface area contributed by atoms with E-state index in [2.05, 4.69) is 16.0 Å². The minimum atomic E-state index is -0.487. The molecular weight excluding hydrogens is 330 g/mol. The summed E-state index contributed by atoms with van der Waals surface area (Å²) >= 11 is 0. The van der Waals surface area contributed by atoms with E-state index >= 15 is 0 Å². The van der Waals surface area contributed by atoms with Crippen molar-refractivity contribution in [3.8, 4) is 0 Å². The van der Waals surface area contributed by atoms with Gasteiger partial charge in [-0.1, -0.05) is 30.3 Å². The Balaban J connectivity index is 1.69. The van der Waals surface area contributed by atoms with Gasteiger partial charge in [-0.25, -0.2) is 4.79 Å². The fourth-order valence-corrected chi connectivity index (χ4v) is 2.56. The highest BCUT2D eigenvalue weighted by atomic mass is 16.5. The Morgan fingerprint density at radius 1 is 1.04 bits per heavy atom. The molecule has 2 aromatic carbocycles. The van der Waals surface area contributed by atoms with Gasteiger partial charge in [-0.2, -0.15) is 0 Å². The number of rotatable bonds is 7. The maximum atomic E-state index is 12.6. The van der Waals surface area contributed by atoms with Crippen molar-refractivity contribution >= 4 is 23.4 Å². The quantitative estimate of drug-likeness (QED) is 0.709. The molecule has 1 aliphatic rings. The van der Waals surface area contributed by atoms with E-state index in [1.54, 1.807) is 19.1 Å². The van der Waals surface area contributed by atoms with E-state index in [1.807, 2.05) is 42.5 Å². The van der Waals surface area contributed by atoms with E-state index in [0.717, 1.165) is 24.1 Å². The van der Waals surface area contributed by atoms with Gasteiger partial charge in [0, 0.05) is 17.4 Å². The van der Waals surface area contributed by atoms with E-state index in [9.17, 15) is 9.59 Å². The Hall–Kier alpha value is -3.02. The lowest BCUT2D eigenvalue weighted by atomic mass is 10.1. The summed E-state index contributed by atoms with van der Waals surface area (Å²) in [6.07, 6.45) is 1.60. The van der Waals surface area contributed by atoms with Gasteiger partial charge in [0.25, 0.3) is 0 Å². The van der Waals surface area contributed by atoms with E-state index in [1.165, 1.54) is 0 Å². The standard InChI is InChI=1S/C20H23N3O3/c1-2-26-20(25)23-17-12-8-15(9-13-17)21-18(14-6-4-3-5-7-14)19(24)22-16-10-11-16/h3-9,12-13,16,18,21H,2,10-11H2,1H3,(H,22,24)(H,23,25)/t18-/m0/s1. The van der Waals surface area contributed by atoms with Gasteiger partial charge in [0.2, 0.25) is 5.91 Å². The molecule has 0 heterocycles. The van der Waals surface area contributed by atoms with Crippen molar-refractivity contribution in [3.05, 3.63) is 60.2 Å². The summed E-state index contributed by atoms with van der Waals surface area (Å²) < 4.78 is 4.85.